The minimum atomic E-state index is -0.500. The van der Waals surface area contributed by atoms with E-state index >= 15 is 0 Å². The van der Waals surface area contributed by atoms with E-state index in [-0.39, 0.29) is 5.91 Å². The predicted molar refractivity (Wildman–Crippen MR) is 59.8 cm³/mol. The molecule has 0 heterocycles. The summed E-state index contributed by atoms with van der Waals surface area (Å²) >= 11 is 5.66. The second-order valence-electron chi connectivity index (χ2n) is 3.12. The van der Waals surface area contributed by atoms with Crippen LogP contribution in [0.15, 0.2) is 24.3 Å². The van der Waals surface area contributed by atoms with Crippen LogP contribution in [0.5, 0.6) is 0 Å². The molecule has 0 aromatic heterocycles. The lowest BCUT2D eigenvalue weighted by Gasteiger charge is -2.10. The van der Waals surface area contributed by atoms with Crippen LogP contribution in [-0.4, -0.2) is 11.3 Å². The molecule has 3 heteroatoms. The quantitative estimate of drug-likeness (QED) is 0.766. The summed E-state index contributed by atoms with van der Waals surface area (Å²) < 4.78 is 0. The van der Waals surface area contributed by atoms with Crippen molar-refractivity contribution in [3.63, 3.8) is 0 Å². The van der Waals surface area contributed by atoms with Crippen LogP contribution in [0.2, 0.25) is 0 Å². The van der Waals surface area contributed by atoms with Gasteiger partial charge in [-0.25, -0.2) is 0 Å². The average molecular weight is 212 g/mol. The van der Waals surface area contributed by atoms with Gasteiger partial charge in [0.25, 0.3) is 0 Å². The Balaban J connectivity index is 2.80. The average Bonchev–Trinajstić information content (AvgIpc) is 2.18. The number of aryl methyl sites for hydroxylation is 1. The maximum atomic E-state index is 11.3. The van der Waals surface area contributed by atoms with Gasteiger partial charge < -0.3 is 5.32 Å². The third kappa shape index (κ3) is 2.74. The van der Waals surface area contributed by atoms with Gasteiger partial charge in [0.2, 0.25) is 5.91 Å². The minimum Gasteiger partial charge on any atom is -0.325 e. The van der Waals surface area contributed by atoms with Gasteiger partial charge in [-0.1, -0.05) is 25.1 Å². The Morgan fingerprint density at radius 3 is 2.71 bits per heavy atom. The highest BCUT2D eigenvalue weighted by molar-refractivity contribution is 6.32. The first-order valence-corrected chi connectivity index (χ1v) is 5.11. The largest absolute Gasteiger partial charge is 0.325 e. The number of hydrogen-bond donors (Lipinski definition) is 1. The Kier molecular flexibility index (Phi) is 3.96. The lowest BCUT2D eigenvalue weighted by atomic mass is 10.1. The van der Waals surface area contributed by atoms with Crippen molar-refractivity contribution in [3.8, 4) is 0 Å². The van der Waals surface area contributed by atoms with Crippen molar-refractivity contribution in [3.05, 3.63) is 29.8 Å². The van der Waals surface area contributed by atoms with E-state index in [9.17, 15) is 4.79 Å². The summed E-state index contributed by atoms with van der Waals surface area (Å²) in [4.78, 5) is 11.3. The van der Waals surface area contributed by atoms with E-state index in [2.05, 4.69) is 12.2 Å². The molecule has 0 unspecified atom stereocenters. The molecule has 14 heavy (non-hydrogen) atoms. The number of halogens is 1. The van der Waals surface area contributed by atoms with Crippen LogP contribution in [0.3, 0.4) is 0 Å². The van der Waals surface area contributed by atoms with Crippen molar-refractivity contribution in [2.45, 2.75) is 25.6 Å². The first-order valence-electron chi connectivity index (χ1n) is 4.68. The fourth-order valence-electron chi connectivity index (χ4n) is 1.18. The number of para-hydroxylation sites is 1. The first kappa shape index (κ1) is 11.1. The third-order valence-electron chi connectivity index (χ3n) is 2.02. The van der Waals surface area contributed by atoms with E-state index < -0.39 is 5.38 Å². The number of anilines is 1. The molecule has 76 valence electrons. The van der Waals surface area contributed by atoms with E-state index in [0.717, 1.165) is 17.7 Å². The minimum absolute atomic E-state index is 0.160. The lowest BCUT2D eigenvalue weighted by molar-refractivity contribution is -0.115. The Morgan fingerprint density at radius 1 is 1.50 bits per heavy atom. The Labute approximate surface area is 89.3 Å². The van der Waals surface area contributed by atoms with Crippen LogP contribution in [0.1, 0.15) is 19.4 Å². The summed E-state index contributed by atoms with van der Waals surface area (Å²) in [6, 6.07) is 7.73. The molecular weight excluding hydrogens is 198 g/mol. The molecule has 0 aliphatic heterocycles. The second-order valence-corrected chi connectivity index (χ2v) is 3.77. The van der Waals surface area contributed by atoms with E-state index in [1.807, 2.05) is 24.3 Å². The maximum absolute atomic E-state index is 11.3. The smallest absolute Gasteiger partial charge is 0.242 e. The number of rotatable bonds is 3. The van der Waals surface area contributed by atoms with Crippen molar-refractivity contribution < 1.29 is 4.79 Å². The van der Waals surface area contributed by atoms with Crippen molar-refractivity contribution >= 4 is 23.2 Å². The topological polar surface area (TPSA) is 29.1 Å². The van der Waals surface area contributed by atoms with E-state index in [0.29, 0.717) is 0 Å². The van der Waals surface area contributed by atoms with E-state index in [1.54, 1.807) is 6.92 Å². The molecule has 1 amide bonds. The van der Waals surface area contributed by atoms with Gasteiger partial charge in [-0.2, -0.15) is 0 Å². The van der Waals surface area contributed by atoms with E-state index in [1.165, 1.54) is 0 Å². The Morgan fingerprint density at radius 2 is 2.14 bits per heavy atom. The van der Waals surface area contributed by atoms with Gasteiger partial charge >= 0.3 is 0 Å². The number of alkyl halides is 1. The normalized spacial score (nSPS) is 12.2. The van der Waals surface area contributed by atoms with Gasteiger partial charge in [0.15, 0.2) is 0 Å². The van der Waals surface area contributed by atoms with Gasteiger partial charge in [-0.05, 0) is 25.0 Å². The fraction of sp³-hybridized carbons (Fsp3) is 0.364. The zero-order valence-corrected chi connectivity index (χ0v) is 9.14. The molecule has 1 aromatic carbocycles. The van der Waals surface area contributed by atoms with Crippen molar-refractivity contribution in [1.29, 1.82) is 0 Å². The summed E-state index contributed by atoms with van der Waals surface area (Å²) in [6.45, 7) is 3.71. The standard InChI is InChI=1S/C11H14ClNO/c1-3-9-6-4-5-7-10(9)13-11(14)8(2)12/h4-8H,3H2,1-2H3,(H,13,14)/t8-/m1/s1. The number of hydrogen-bond acceptors (Lipinski definition) is 1. The van der Waals surface area contributed by atoms with Crippen LogP contribution in [0, 0.1) is 0 Å². The fourth-order valence-corrected chi connectivity index (χ4v) is 1.24. The molecular formula is C11H14ClNO. The SMILES string of the molecule is CCc1ccccc1NC(=O)[C@@H](C)Cl. The zero-order chi connectivity index (χ0) is 10.6. The maximum Gasteiger partial charge on any atom is 0.242 e. The van der Waals surface area contributed by atoms with Gasteiger partial charge in [0, 0.05) is 5.69 Å². The molecule has 0 spiro atoms. The number of nitrogens with one attached hydrogen (secondary N) is 1. The summed E-state index contributed by atoms with van der Waals surface area (Å²) in [5.41, 5.74) is 1.98. The molecule has 1 N–H and O–H groups in total. The monoisotopic (exact) mass is 211 g/mol. The molecule has 0 fully saturated rings. The molecule has 1 atom stereocenters. The highest BCUT2D eigenvalue weighted by Gasteiger charge is 2.10. The number of benzene rings is 1. The van der Waals surface area contributed by atoms with Gasteiger partial charge in [-0.3, -0.25) is 4.79 Å². The van der Waals surface area contributed by atoms with Crippen molar-refractivity contribution in [2.24, 2.45) is 0 Å². The number of amides is 1. The Bertz CT molecular complexity index is 323. The van der Waals surface area contributed by atoms with Gasteiger partial charge in [-0.15, -0.1) is 11.6 Å². The van der Waals surface area contributed by atoms with Gasteiger partial charge in [0.1, 0.15) is 5.38 Å². The van der Waals surface area contributed by atoms with Crippen LogP contribution in [0.25, 0.3) is 0 Å². The molecule has 1 aromatic rings. The summed E-state index contributed by atoms with van der Waals surface area (Å²) in [5, 5.41) is 2.29. The highest BCUT2D eigenvalue weighted by atomic mass is 35.5. The van der Waals surface area contributed by atoms with Crippen LogP contribution >= 0.6 is 11.6 Å². The zero-order valence-electron chi connectivity index (χ0n) is 8.38. The summed E-state index contributed by atoms with van der Waals surface area (Å²) in [7, 11) is 0. The highest BCUT2D eigenvalue weighted by Crippen LogP contribution is 2.16. The Hall–Kier alpha value is -1.02. The molecule has 1 rings (SSSR count). The molecule has 0 saturated heterocycles. The molecule has 0 aliphatic rings. The van der Waals surface area contributed by atoms with Gasteiger partial charge in [0.05, 0.1) is 0 Å². The number of carbonyl (C=O) groups excluding carboxylic acids is 1. The molecule has 0 radical (unpaired) electrons. The van der Waals surface area contributed by atoms with Crippen LogP contribution < -0.4 is 5.32 Å². The van der Waals surface area contributed by atoms with Crippen molar-refractivity contribution in [1.82, 2.24) is 0 Å². The van der Waals surface area contributed by atoms with E-state index in [4.69, 9.17) is 11.6 Å². The summed E-state index contributed by atoms with van der Waals surface area (Å²) in [6.07, 6.45) is 0.896. The van der Waals surface area contributed by atoms with Crippen LogP contribution in [-0.2, 0) is 11.2 Å². The predicted octanol–water partition coefficient (Wildman–Crippen LogP) is 2.81. The molecule has 0 bridgehead atoms. The third-order valence-corrected chi connectivity index (χ3v) is 2.22. The number of carbonyl (C=O) groups is 1. The molecule has 0 saturated carbocycles. The summed E-state index contributed by atoms with van der Waals surface area (Å²) in [5.74, 6) is -0.160. The van der Waals surface area contributed by atoms with Crippen molar-refractivity contribution in [2.75, 3.05) is 5.32 Å². The first-order chi connectivity index (χ1) is 6.65. The van der Waals surface area contributed by atoms with Crippen LogP contribution in [0.4, 0.5) is 5.69 Å². The second kappa shape index (κ2) is 5.01. The lowest BCUT2D eigenvalue weighted by Crippen LogP contribution is -2.20. The molecule has 2 nitrogen and oxygen atoms in total. The molecule has 0 aliphatic carbocycles.